The van der Waals surface area contributed by atoms with Gasteiger partial charge < -0.3 is 10.4 Å². The number of aliphatic hydroxyl groups excluding tert-OH is 1. The van der Waals surface area contributed by atoms with E-state index < -0.39 is 23.3 Å². The average molecular weight is 531 g/mol. The first-order valence-corrected chi connectivity index (χ1v) is 12.0. The van der Waals surface area contributed by atoms with Gasteiger partial charge in [0.05, 0.1) is 12.1 Å². The fourth-order valence-corrected chi connectivity index (χ4v) is 4.62. The number of halogens is 4. The number of alkyl halides is 2. The summed E-state index contributed by atoms with van der Waals surface area (Å²) in [4.78, 5) is 12.7. The van der Waals surface area contributed by atoms with Crippen LogP contribution >= 0.6 is 11.6 Å². The molecule has 0 saturated heterocycles. The van der Waals surface area contributed by atoms with Crippen molar-refractivity contribution in [1.29, 1.82) is 0 Å². The summed E-state index contributed by atoms with van der Waals surface area (Å²) in [6.07, 6.45) is -1.81. The maximum absolute atomic E-state index is 14.5. The van der Waals surface area contributed by atoms with Gasteiger partial charge in [0.25, 0.3) is 11.8 Å². The first kappa shape index (κ1) is 26.6. The second-order valence-electron chi connectivity index (χ2n) is 9.61. The smallest absolute Gasteiger partial charge is 0.298 e. The van der Waals surface area contributed by atoms with Gasteiger partial charge in [0.2, 0.25) is 0 Å². The molecule has 0 saturated carbocycles. The molecule has 4 aromatic rings. The highest BCUT2D eigenvalue weighted by Crippen LogP contribution is 2.34. The topological polar surface area (TPSA) is 80.0 Å². The highest BCUT2D eigenvalue weighted by atomic mass is 35.5. The molecule has 1 amide bonds. The summed E-state index contributed by atoms with van der Waals surface area (Å²) in [5.74, 6) is -4.12. The number of hydrogen-bond acceptors (Lipinski definition) is 4. The van der Waals surface area contributed by atoms with Gasteiger partial charge in [-0.25, -0.2) is 9.07 Å². The Morgan fingerprint density at radius 3 is 2.49 bits per heavy atom. The van der Waals surface area contributed by atoms with Gasteiger partial charge in [-0.1, -0.05) is 61.0 Å². The van der Waals surface area contributed by atoms with E-state index in [0.717, 1.165) is 6.92 Å². The number of fused-ring (bicyclic) bond motifs is 1. The Balaban J connectivity index is 1.46. The van der Waals surface area contributed by atoms with Crippen LogP contribution in [0.3, 0.4) is 0 Å². The number of benzene rings is 3. The Labute approximate surface area is 217 Å². The van der Waals surface area contributed by atoms with Crippen LogP contribution in [0, 0.1) is 5.82 Å². The number of hydrogen-bond donors (Lipinski definition) is 2. The number of aliphatic hydroxyl groups is 1. The standard InChI is InChI=1S/C27H26ClF3N4O2/c1-16(36)27(30,31)19-10-7-17(8-11-19)14-32-25(37)18-9-12-23-22(13-18)33-34-35(23)15-26(2,3)24-20(28)5-4-6-21(24)29/h4-13,16,36H,14-15H2,1-3H3,(H,32,37)/t16-/m0/s1. The zero-order valence-electron chi connectivity index (χ0n) is 20.5. The van der Waals surface area contributed by atoms with Crippen molar-refractivity contribution >= 4 is 28.5 Å². The summed E-state index contributed by atoms with van der Waals surface area (Å²) in [7, 11) is 0. The Hall–Kier alpha value is -3.43. The molecule has 0 spiro atoms. The molecule has 1 heterocycles. The van der Waals surface area contributed by atoms with Gasteiger partial charge in [-0.15, -0.1) is 5.10 Å². The first-order chi connectivity index (χ1) is 17.4. The molecule has 0 aliphatic carbocycles. The summed E-state index contributed by atoms with van der Waals surface area (Å²) >= 11 is 6.27. The highest BCUT2D eigenvalue weighted by molar-refractivity contribution is 6.31. The third kappa shape index (κ3) is 5.47. The molecule has 2 N–H and O–H groups in total. The predicted octanol–water partition coefficient (Wildman–Crippen LogP) is 5.60. The van der Waals surface area contributed by atoms with Crippen molar-refractivity contribution in [3.05, 3.63) is 93.8 Å². The molecule has 0 aliphatic heterocycles. The third-order valence-electron chi connectivity index (χ3n) is 6.28. The molecular formula is C27H26ClF3N4O2. The number of carbonyl (C=O) groups excluding carboxylic acids is 1. The minimum absolute atomic E-state index is 0.127. The summed E-state index contributed by atoms with van der Waals surface area (Å²) in [5, 5.41) is 20.7. The van der Waals surface area contributed by atoms with Crippen LogP contribution < -0.4 is 5.32 Å². The van der Waals surface area contributed by atoms with E-state index in [4.69, 9.17) is 11.6 Å². The number of amides is 1. The molecule has 0 fully saturated rings. The molecule has 4 rings (SSSR count). The number of aromatic nitrogens is 3. The third-order valence-corrected chi connectivity index (χ3v) is 6.59. The lowest BCUT2D eigenvalue weighted by atomic mass is 9.84. The maximum Gasteiger partial charge on any atom is 0.298 e. The summed E-state index contributed by atoms with van der Waals surface area (Å²) < 4.78 is 44.0. The van der Waals surface area contributed by atoms with Crippen molar-refractivity contribution in [3.8, 4) is 0 Å². The Bertz CT molecular complexity index is 1420. The monoisotopic (exact) mass is 530 g/mol. The average Bonchev–Trinajstić information content (AvgIpc) is 3.23. The summed E-state index contributed by atoms with van der Waals surface area (Å²) in [6.45, 7) is 5.19. The molecule has 6 nitrogen and oxygen atoms in total. The fraction of sp³-hybridized carbons (Fsp3) is 0.296. The summed E-state index contributed by atoms with van der Waals surface area (Å²) in [6, 6.07) is 14.9. The van der Waals surface area contributed by atoms with Crippen LogP contribution in [0.1, 0.15) is 47.8 Å². The Morgan fingerprint density at radius 1 is 1.14 bits per heavy atom. The van der Waals surface area contributed by atoms with Crippen LogP contribution in [0.2, 0.25) is 5.02 Å². The van der Waals surface area contributed by atoms with Gasteiger partial charge in [-0.3, -0.25) is 4.79 Å². The lowest BCUT2D eigenvalue weighted by Gasteiger charge is -2.26. The molecule has 0 aliphatic rings. The van der Waals surface area contributed by atoms with Crippen LogP contribution in [0.4, 0.5) is 13.2 Å². The molecule has 0 radical (unpaired) electrons. The molecule has 10 heteroatoms. The van der Waals surface area contributed by atoms with Crippen molar-refractivity contribution in [3.63, 3.8) is 0 Å². The van der Waals surface area contributed by atoms with Gasteiger partial charge >= 0.3 is 0 Å². The van der Waals surface area contributed by atoms with E-state index in [1.54, 1.807) is 35.0 Å². The molecule has 1 atom stereocenters. The predicted molar refractivity (Wildman–Crippen MR) is 135 cm³/mol. The SMILES string of the molecule is C[C@H](O)C(F)(F)c1ccc(CNC(=O)c2ccc3c(c2)nnn3CC(C)(C)c2c(F)cccc2Cl)cc1. The minimum atomic E-state index is -3.36. The lowest BCUT2D eigenvalue weighted by molar-refractivity contribution is -0.106. The zero-order valence-corrected chi connectivity index (χ0v) is 21.2. The van der Waals surface area contributed by atoms with E-state index in [9.17, 15) is 23.1 Å². The zero-order chi connectivity index (χ0) is 27.0. The second-order valence-corrected chi connectivity index (χ2v) is 10.0. The van der Waals surface area contributed by atoms with E-state index in [1.165, 1.54) is 30.3 Å². The van der Waals surface area contributed by atoms with Crippen molar-refractivity contribution in [2.24, 2.45) is 0 Å². The van der Waals surface area contributed by atoms with Crippen LogP contribution in [0.15, 0.2) is 60.7 Å². The quantitative estimate of drug-likeness (QED) is 0.310. The minimum Gasteiger partial charge on any atom is -0.387 e. The molecular weight excluding hydrogens is 505 g/mol. The maximum atomic E-state index is 14.5. The fourth-order valence-electron chi connectivity index (χ4n) is 4.20. The van der Waals surface area contributed by atoms with Crippen LogP contribution in [0.5, 0.6) is 0 Å². The molecule has 0 unspecified atom stereocenters. The van der Waals surface area contributed by atoms with E-state index in [0.29, 0.717) is 39.3 Å². The molecule has 1 aromatic heterocycles. The number of carbonyl (C=O) groups is 1. The molecule has 0 bridgehead atoms. The van der Waals surface area contributed by atoms with Crippen LogP contribution in [0.25, 0.3) is 11.0 Å². The summed E-state index contributed by atoms with van der Waals surface area (Å²) in [5.41, 5.74) is 1.55. The number of rotatable bonds is 8. The Kier molecular flexibility index (Phi) is 7.30. The van der Waals surface area contributed by atoms with E-state index in [-0.39, 0.29) is 18.0 Å². The van der Waals surface area contributed by atoms with Crippen LogP contribution in [-0.2, 0) is 24.4 Å². The van der Waals surface area contributed by atoms with Crippen molar-refractivity contribution in [1.82, 2.24) is 20.3 Å². The highest BCUT2D eigenvalue weighted by Gasteiger charge is 2.37. The van der Waals surface area contributed by atoms with Gasteiger partial charge in [-0.2, -0.15) is 8.78 Å². The Morgan fingerprint density at radius 2 is 1.84 bits per heavy atom. The van der Waals surface area contributed by atoms with Crippen molar-refractivity contribution in [2.75, 3.05) is 0 Å². The number of nitrogens with zero attached hydrogens (tertiary/aromatic N) is 3. The lowest BCUT2D eigenvalue weighted by Crippen LogP contribution is -2.28. The van der Waals surface area contributed by atoms with E-state index in [2.05, 4.69) is 15.6 Å². The van der Waals surface area contributed by atoms with Crippen LogP contribution in [-0.4, -0.2) is 32.1 Å². The molecule has 3 aromatic carbocycles. The van der Waals surface area contributed by atoms with Gasteiger partial charge in [0.15, 0.2) is 0 Å². The van der Waals surface area contributed by atoms with Crippen molar-refractivity contribution in [2.45, 2.75) is 51.3 Å². The van der Waals surface area contributed by atoms with Gasteiger partial charge in [0.1, 0.15) is 17.4 Å². The largest absolute Gasteiger partial charge is 0.387 e. The second kappa shape index (κ2) is 10.1. The number of nitrogens with one attached hydrogen (secondary N) is 1. The van der Waals surface area contributed by atoms with E-state index >= 15 is 0 Å². The van der Waals surface area contributed by atoms with Crippen molar-refractivity contribution < 1.29 is 23.1 Å². The first-order valence-electron chi connectivity index (χ1n) is 11.6. The molecule has 194 valence electrons. The van der Waals surface area contributed by atoms with Gasteiger partial charge in [0, 0.05) is 33.7 Å². The normalized spacial score (nSPS) is 13.1. The molecule has 37 heavy (non-hydrogen) atoms. The van der Waals surface area contributed by atoms with Gasteiger partial charge in [-0.05, 0) is 42.8 Å². The van der Waals surface area contributed by atoms with E-state index in [1.807, 2.05) is 13.8 Å².